The van der Waals surface area contributed by atoms with Gasteiger partial charge >= 0.3 is 0 Å². The van der Waals surface area contributed by atoms with Crippen molar-refractivity contribution in [3.63, 3.8) is 0 Å². The number of rotatable bonds is 6. The van der Waals surface area contributed by atoms with Crippen molar-refractivity contribution in [2.24, 2.45) is 11.3 Å². The smallest absolute Gasteiger partial charge is 0.226 e. The molecule has 1 aliphatic carbocycles. The van der Waals surface area contributed by atoms with E-state index in [9.17, 15) is 4.79 Å². The highest BCUT2D eigenvalue weighted by Crippen LogP contribution is 2.59. The first-order chi connectivity index (χ1) is 11.2. The summed E-state index contributed by atoms with van der Waals surface area (Å²) < 4.78 is 0. The average molecular weight is 312 g/mol. The van der Waals surface area contributed by atoms with Crippen molar-refractivity contribution in [2.75, 3.05) is 26.2 Å². The maximum atomic E-state index is 12.9. The molecule has 3 rings (SSSR count). The van der Waals surface area contributed by atoms with Gasteiger partial charge in [0, 0.05) is 19.0 Å². The van der Waals surface area contributed by atoms with Gasteiger partial charge in [-0.2, -0.15) is 0 Å². The van der Waals surface area contributed by atoms with Crippen molar-refractivity contribution in [3.8, 4) is 0 Å². The molecule has 3 nitrogen and oxygen atoms in total. The first-order valence-electron chi connectivity index (χ1n) is 8.96. The molecule has 2 aliphatic rings. The first kappa shape index (κ1) is 16.3. The lowest BCUT2D eigenvalue weighted by molar-refractivity contribution is -0.133. The van der Waals surface area contributed by atoms with Crippen LogP contribution in [-0.4, -0.2) is 37.0 Å². The topological polar surface area (TPSA) is 32.3 Å². The Hall–Kier alpha value is -1.61. The molecule has 1 aromatic rings. The number of nitrogens with zero attached hydrogens (tertiary/aromatic N) is 1. The van der Waals surface area contributed by atoms with E-state index >= 15 is 0 Å². The van der Waals surface area contributed by atoms with Crippen LogP contribution >= 0.6 is 0 Å². The lowest BCUT2D eigenvalue weighted by atomic mass is 9.91. The molecule has 0 bridgehead atoms. The molecule has 1 spiro atoms. The third kappa shape index (κ3) is 3.84. The van der Waals surface area contributed by atoms with Gasteiger partial charge in [-0.3, -0.25) is 4.79 Å². The summed E-state index contributed by atoms with van der Waals surface area (Å²) in [6.45, 7) is 5.89. The SMILES string of the molecule is CCCN(CC=Cc1ccccc1)C(=O)C1CC12CCNCC2. The summed E-state index contributed by atoms with van der Waals surface area (Å²) in [6.07, 6.45) is 8.71. The van der Waals surface area contributed by atoms with Crippen LogP contribution in [0.4, 0.5) is 0 Å². The van der Waals surface area contributed by atoms with Gasteiger partial charge in [-0.15, -0.1) is 0 Å². The molecule has 1 atom stereocenters. The van der Waals surface area contributed by atoms with Gasteiger partial charge in [0.1, 0.15) is 0 Å². The lowest BCUT2D eigenvalue weighted by Crippen LogP contribution is -2.37. The van der Waals surface area contributed by atoms with E-state index in [1.54, 1.807) is 0 Å². The highest BCUT2D eigenvalue weighted by atomic mass is 16.2. The highest BCUT2D eigenvalue weighted by molar-refractivity contribution is 5.83. The Morgan fingerprint density at radius 1 is 1.30 bits per heavy atom. The zero-order valence-electron chi connectivity index (χ0n) is 14.1. The van der Waals surface area contributed by atoms with Crippen LogP contribution < -0.4 is 5.32 Å². The molecule has 3 heteroatoms. The largest absolute Gasteiger partial charge is 0.339 e. The van der Waals surface area contributed by atoms with E-state index in [4.69, 9.17) is 0 Å². The maximum Gasteiger partial charge on any atom is 0.226 e. The van der Waals surface area contributed by atoms with Crippen molar-refractivity contribution in [1.82, 2.24) is 10.2 Å². The lowest BCUT2D eigenvalue weighted by Gasteiger charge is -2.26. The summed E-state index contributed by atoms with van der Waals surface area (Å²) in [5.41, 5.74) is 1.52. The number of carbonyl (C=O) groups excluding carboxylic acids is 1. The molecule has 1 heterocycles. The van der Waals surface area contributed by atoms with Crippen LogP contribution in [0.2, 0.25) is 0 Å². The minimum Gasteiger partial charge on any atom is -0.339 e. The van der Waals surface area contributed by atoms with Crippen LogP contribution in [0, 0.1) is 11.3 Å². The van der Waals surface area contributed by atoms with E-state index < -0.39 is 0 Å². The fourth-order valence-electron chi connectivity index (χ4n) is 3.84. The molecule has 1 saturated heterocycles. The molecule has 2 fully saturated rings. The van der Waals surface area contributed by atoms with Gasteiger partial charge in [0.15, 0.2) is 0 Å². The van der Waals surface area contributed by atoms with Crippen molar-refractivity contribution < 1.29 is 4.79 Å². The van der Waals surface area contributed by atoms with Crippen LogP contribution in [0.25, 0.3) is 6.08 Å². The number of nitrogens with one attached hydrogen (secondary N) is 1. The van der Waals surface area contributed by atoms with E-state index in [0.29, 0.717) is 11.3 Å². The van der Waals surface area contributed by atoms with Crippen LogP contribution in [0.1, 0.15) is 38.2 Å². The Kier molecular flexibility index (Phi) is 5.16. The Bertz CT molecular complexity index is 546. The summed E-state index contributed by atoms with van der Waals surface area (Å²) in [7, 11) is 0. The molecule has 1 aromatic carbocycles. The van der Waals surface area contributed by atoms with Gasteiger partial charge in [0.05, 0.1) is 0 Å². The van der Waals surface area contributed by atoms with E-state index in [1.165, 1.54) is 18.4 Å². The second kappa shape index (κ2) is 7.31. The average Bonchev–Trinajstić information content (AvgIpc) is 3.28. The molecule has 1 saturated carbocycles. The molecular weight excluding hydrogens is 284 g/mol. The molecule has 1 aliphatic heterocycles. The Balaban J connectivity index is 1.58. The van der Waals surface area contributed by atoms with Crippen molar-refractivity contribution in [3.05, 3.63) is 42.0 Å². The summed E-state index contributed by atoms with van der Waals surface area (Å²) in [6, 6.07) is 10.3. The summed E-state index contributed by atoms with van der Waals surface area (Å²) in [5, 5.41) is 3.41. The van der Waals surface area contributed by atoms with Crippen molar-refractivity contribution in [2.45, 2.75) is 32.6 Å². The van der Waals surface area contributed by atoms with Crippen molar-refractivity contribution in [1.29, 1.82) is 0 Å². The standard InChI is InChI=1S/C20H28N2O/c1-2-14-22(15-6-9-17-7-4-3-5-8-17)19(23)18-16-20(18)10-12-21-13-11-20/h3-9,18,21H,2,10-16H2,1H3. The van der Waals surface area contributed by atoms with E-state index in [1.807, 2.05) is 18.2 Å². The van der Waals surface area contributed by atoms with Gasteiger partial charge < -0.3 is 10.2 Å². The number of hydrogen-bond donors (Lipinski definition) is 1. The van der Waals surface area contributed by atoms with Crippen LogP contribution in [0.5, 0.6) is 0 Å². The first-order valence-corrected chi connectivity index (χ1v) is 8.96. The molecule has 1 unspecified atom stereocenters. The second-order valence-corrected chi connectivity index (χ2v) is 6.97. The molecule has 1 amide bonds. The molecule has 1 N–H and O–H groups in total. The number of piperidine rings is 1. The predicted molar refractivity (Wildman–Crippen MR) is 95.0 cm³/mol. The zero-order valence-corrected chi connectivity index (χ0v) is 14.1. The fraction of sp³-hybridized carbons (Fsp3) is 0.550. The number of benzene rings is 1. The summed E-state index contributed by atoms with van der Waals surface area (Å²) >= 11 is 0. The van der Waals surface area contributed by atoms with Crippen molar-refractivity contribution >= 4 is 12.0 Å². The number of carbonyl (C=O) groups is 1. The van der Waals surface area contributed by atoms with E-state index in [2.05, 4.69) is 41.4 Å². The molecular formula is C20H28N2O. The van der Waals surface area contributed by atoms with Gasteiger partial charge in [0.25, 0.3) is 0 Å². The molecule has 23 heavy (non-hydrogen) atoms. The normalized spacial score (nSPS) is 22.4. The number of amides is 1. The van der Waals surface area contributed by atoms with Crippen LogP contribution in [0.15, 0.2) is 36.4 Å². The number of hydrogen-bond acceptors (Lipinski definition) is 2. The third-order valence-corrected chi connectivity index (χ3v) is 5.33. The van der Waals surface area contributed by atoms with Crippen LogP contribution in [0.3, 0.4) is 0 Å². The maximum absolute atomic E-state index is 12.9. The zero-order chi connectivity index (χ0) is 16.1. The monoisotopic (exact) mass is 312 g/mol. The fourth-order valence-corrected chi connectivity index (χ4v) is 3.84. The van der Waals surface area contributed by atoms with Gasteiger partial charge in [0.2, 0.25) is 5.91 Å². The predicted octanol–water partition coefficient (Wildman–Crippen LogP) is 3.33. The van der Waals surface area contributed by atoms with Gasteiger partial charge in [-0.05, 0) is 49.8 Å². The minimum absolute atomic E-state index is 0.279. The van der Waals surface area contributed by atoms with Gasteiger partial charge in [-0.25, -0.2) is 0 Å². The third-order valence-electron chi connectivity index (χ3n) is 5.33. The molecule has 0 aromatic heterocycles. The van der Waals surface area contributed by atoms with E-state index in [-0.39, 0.29) is 5.92 Å². The van der Waals surface area contributed by atoms with Crippen LogP contribution in [-0.2, 0) is 4.79 Å². The summed E-state index contributed by atoms with van der Waals surface area (Å²) in [4.78, 5) is 14.9. The molecule has 0 radical (unpaired) electrons. The Morgan fingerprint density at radius 3 is 2.74 bits per heavy atom. The minimum atomic E-state index is 0.279. The Morgan fingerprint density at radius 2 is 2.04 bits per heavy atom. The Labute approximate surface area is 139 Å². The second-order valence-electron chi connectivity index (χ2n) is 6.97. The van der Waals surface area contributed by atoms with E-state index in [0.717, 1.165) is 39.0 Å². The quantitative estimate of drug-likeness (QED) is 0.874. The molecule has 124 valence electrons. The summed E-state index contributed by atoms with van der Waals surface area (Å²) in [5.74, 6) is 0.660. The van der Waals surface area contributed by atoms with Gasteiger partial charge in [-0.1, -0.05) is 49.4 Å². The highest BCUT2D eigenvalue weighted by Gasteiger charge is 2.58.